The monoisotopic (exact) mass is 562 g/mol. The maximum Gasteiger partial charge on any atom is 0.422 e. The van der Waals surface area contributed by atoms with Gasteiger partial charge in [-0.1, -0.05) is 35.9 Å². The molecule has 1 aliphatic heterocycles. The van der Waals surface area contributed by atoms with Gasteiger partial charge in [0.25, 0.3) is 5.91 Å². The zero-order valence-electron chi connectivity index (χ0n) is 21.1. The Kier molecular flexibility index (Phi) is 6.44. The lowest BCUT2D eigenvalue weighted by atomic mass is 9.89. The highest BCUT2D eigenvalue weighted by atomic mass is 32.2. The molecule has 2 aliphatic rings. The van der Waals surface area contributed by atoms with Crippen LogP contribution in [0.1, 0.15) is 33.6 Å². The number of carbonyl (C=O) groups is 2. The van der Waals surface area contributed by atoms with Crippen LogP contribution in [0.5, 0.6) is 5.75 Å². The minimum atomic E-state index is -4.46. The predicted octanol–water partition coefficient (Wildman–Crippen LogP) is 3.37. The molecule has 1 aliphatic carbocycles. The van der Waals surface area contributed by atoms with Gasteiger partial charge < -0.3 is 15.4 Å². The molecular weight excluding hydrogens is 537 g/mol. The van der Waals surface area contributed by atoms with Crippen LogP contribution in [0.25, 0.3) is 11.3 Å². The van der Waals surface area contributed by atoms with E-state index in [2.05, 4.69) is 15.7 Å². The minimum Gasteiger partial charge on any atom is -0.484 e. The molecule has 1 spiro atoms. The van der Waals surface area contributed by atoms with E-state index in [1.807, 2.05) is 19.1 Å². The Balaban J connectivity index is 1.52. The first-order valence-electron chi connectivity index (χ1n) is 12.0. The molecule has 5 rings (SSSR count). The number of nitrogens with one attached hydrogen (secondary N) is 2. The summed E-state index contributed by atoms with van der Waals surface area (Å²) in [6.07, 6.45) is -2.55. The topological polar surface area (TPSA) is 119 Å². The number of carbonyl (C=O) groups excluding carboxylic acids is 2. The first-order valence-corrected chi connectivity index (χ1v) is 14.1. The molecule has 2 amide bonds. The zero-order valence-corrected chi connectivity index (χ0v) is 21.9. The van der Waals surface area contributed by atoms with Crippen LogP contribution in [0, 0.1) is 6.92 Å². The van der Waals surface area contributed by atoms with Crippen molar-refractivity contribution in [2.24, 2.45) is 0 Å². The van der Waals surface area contributed by atoms with Crippen molar-refractivity contribution in [3.05, 3.63) is 64.8 Å². The SMILES string of the molecule is Cc1ccc(-c2nn3c(c2NC(=O)CS(C)(=O)=O)C(=O)N[C@@]2(CCc4cc(OCC(F)(F)F)ccc42)C3)cc1. The molecule has 9 nitrogen and oxygen atoms in total. The summed E-state index contributed by atoms with van der Waals surface area (Å²) in [6, 6.07) is 11.9. The van der Waals surface area contributed by atoms with E-state index < -0.39 is 45.7 Å². The quantitative estimate of drug-likeness (QED) is 0.476. The zero-order chi connectivity index (χ0) is 28.2. The van der Waals surface area contributed by atoms with Crippen molar-refractivity contribution in [2.45, 2.75) is 38.0 Å². The van der Waals surface area contributed by atoms with Gasteiger partial charge in [-0.15, -0.1) is 0 Å². The van der Waals surface area contributed by atoms with Crippen molar-refractivity contribution in [1.82, 2.24) is 15.1 Å². The number of nitrogens with zero attached hydrogens (tertiary/aromatic N) is 2. The van der Waals surface area contributed by atoms with Crippen molar-refractivity contribution < 1.29 is 35.9 Å². The number of hydrogen-bond donors (Lipinski definition) is 2. The third kappa shape index (κ3) is 5.49. The van der Waals surface area contributed by atoms with E-state index in [4.69, 9.17) is 4.74 Å². The molecule has 0 saturated carbocycles. The van der Waals surface area contributed by atoms with E-state index in [0.717, 1.165) is 22.9 Å². The summed E-state index contributed by atoms with van der Waals surface area (Å²) in [6.45, 7) is 0.704. The molecule has 0 bridgehead atoms. The minimum absolute atomic E-state index is 0.0802. The van der Waals surface area contributed by atoms with Gasteiger partial charge in [0.15, 0.2) is 22.1 Å². The second kappa shape index (κ2) is 9.40. The maximum absolute atomic E-state index is 13.5. The Morgan fingerprint density at radius 2 is 1.92 bits per heavy atom. The Morgan fingerprint density at radius 1 is 1.21 bits per heavy atom. The molecular formula is C26H25F3N4O5S. The number of sulfone groups is 1. The lowest BCUT2D eigenvalue weighted by molar-refractivity contribution is -0.153. The average molecular weight is 563 g/mol. The Morgan fingerprint density at radius 3 is 2.59 bits per heavy atom. The number of aryl methyl sites for hydroxylation is 2. The van der Waals surface area contributed by atoms with Crippen LogP contribution in [0.3, 0.4) is 0 Å². The fourth-order valence-corrected chi connectivity index (χ4v) is 5.65. The van der Waals surface area contributed by atoms with E-state index in [1.165, 1.54) is 10.7 Å². The van der Waals surface area contributed by atoms with Gasteiger partial charge in [-0.3, -0.25) is 14.3 Å². The third-order valence-electron chi connectivity index (χ3n) is 6.74. The van der Waals surface area contributed by atoms with Gasteiger partial charge in [-0.25, -0.2) is 8.42 Å². The number of halogens is 3. The lowest BCUT2D eigenvalue weighted by Crippen LogP contribution is -2.52. The van der Waals surface area contributed by atoms with Crippen molar-refractivity contribution >= 4 is 27.3 Å². The second-order valence-corrected chi connectivity index (χ2v) is 12.1. The summed E-state index contributed by atoms with van der Waals surface area (Å²) >= 11 is 0. The van der Waals surface area contributed by atoms with Crippen LogP contribution < -0.4 is 15.4 Å². The fourth-order valence-electron chi connectivity index (χ4n) is 5.10. The summed E-state index contributed by atoms with van der Waals surface area (Å²) in [7, 11) is -3.62. The number of aromatic nitrogens is 2. The highest BCUT2D eigenvalue weighted by Gasteiger charge is 2.46. The van der Waals surface area contributed by atoms with Crippen molar-refractivity contribution in [3.8, 4) is 17.0 Å². The van der Waals surface area contributed by atoms with Gasteiger partial charge in [0.05, 0.1) is 12.1 Å². The van der Waals surface area contributed by atoms with Crippen LogP contribution in [0.15, 0.2) is 42.5 Å². The number of benzene rings is 2. The van der Waals surface area contributed by atoms with Crippen LogP contribution in [0.4, 0.5) is 18.9 Å². The van der Waals surface area contributed by atoms with E-state index in [0.29, 0.717) is 24.1 Å². The van der Waals surface area contributed by atoms with Crippen LogP contribution in [-0.2, 0) is 33.1 Å². The number of alkyl halides is 3. The fraction of sp³-hybridized carbons (Fsp3) is 0.346. The van der Waals surface area contributed by atoms with Gasteiger partial charge in [0.1, 0.15) is 22.9 Å². The molecule has 39 heavy (non-hydrogen) atoms. The molecule has 3 aromatic rings. The highest BCUT2D eigenvalue weighted by molar-refractivity contribution is 7.91. The van der Waals surface area contributed by atoms with Crippen molar-refractivity contribution in [3.63, 3.8) is 0 Å². The molecule has 2 heterocycles. The van der Waals surface area contributed by atoms with Gasteiger partial charge >= 0.3 is 6.18 Å². The van der Waals surface area contributed by atoms with E-state index in [9.17, 15) is 31.2 Å². The number of fused-ring (bicyclic) bond motifs is 3. The van der Waals surface area contributed by atoms with Crippen LogP contribution in [-0.4, -0.2) is 54.8 Å². The molecule has 0 fully saturated rings. The number of ether oxygens (including phenoxy) is 1. The molecule has 0 saturated heterocycles. The number of amides is 2. The second-order valence-electron chi connectivity index (χ2n) is 9.97. The first kappa shape index (κ1) is 26.7. The maximum atomic E-state index is 13.5. The first-order chi connectivity index (χ1) is 18.2. The average Bonchev–Trinajstić information content (AvgIpc) is 3.35. The molecule has 206 valence electrons. The van der Waals surface area contributed by atoms with Crippen molar-refractivity contribution in [2.75, 3.05) is 23.9 Å². The Hall–Kier alpha value is -3.87. The van der Waals surface area contributed by atoms with Crippen molar-refractivity contribution in [1.29, 1.82) is 0 Å². The van der Waals surface area contributed by atoms with E-state index >= 15 is 0 Å². The standard InChI is InChI=1S/C26H25F3N4O5S/c1-15-3-5-16(6-4-15)21-22(30-20(34)12-39(2,36)37)23-24(35)31-25(13-33(23)32-21)10-9-17-11-18(7-8-19(17)25)38-14-26(27,28)29/h3-8,11H,9-10,12-14H2,1-2H3,(H,30,34)(H,31,35)/t25-/m0/s1. The summed E-state index contributed by atoms with van der Waals surface area (Å²) in [5.41, 5.74) is 2.74. The molecule has 0 radical (unpaired) electrons. The highest BCUT2D eigenvalue weighted by Crippen LogP contribution is 2.44. The molecule has 2 N–H and O–H groups in total. The number of anilines is 1. The third-order valence-corrected chi connectivity index (χ3v) is 7.53. The van der Waals surface area contributed by atoms with Gasteiger partial charge in [0.2, 0.25) is 5.91 Å². The Bertz CT molecular complexity index is 1580. The smallest absolute Gasteiger partial charge is 0.422 e. The predicted molar refractivity (Wildman–Crippen MR) is 136 cm³/mol. The molecule has 13 heteroatoms. The molecule has 1 atom stereocenters. The number of rotatable bonds is 6. The van der Waals surface area contributed by atoms with Gasteiger partial charge in [-0.05, 0) is 43.0 Å². The summed E-state index contributed by atoms with van der Waals surface area (Å²) < 4.78 is 67.5. The normalized spacial score (nSPS) is 18.4. The molecule has 0 unspecified atom stereocenters. The summed E-state index contributed by atoms with van der Waals surface area (Å²) in [4.78, 5) is 26.1. The molecule has 1 aromatic heterocycles. The van der Waals surface area contributed by atoms with Crippen LogP contribution >= 0.6 is 0 Å². The largest absolute Gasteiger partial charge is 0.484 e. The summed E-state index contributed by atoms with van der Waals surface area (Å²) in [5, 5.41) is 10.3. The summed E-state index contributed by atoms with van der Waals surface area (Å²) in [5.74, 6) is -2.00. The lowest BCUT2D eigenvalue weighted by Gasteiger charge is -2.36. The number of hydrogen-bond acceptors (Lipinski definition) is 6. The van der Waals surface area contributed by atoms with Gasteiger partial charge in [0, 0.05) is 11.8 Å². The Labute approximate surface area is 222 Å². The molecule has 2 aromatic carbocycles. The van der Waals surface area contributed by atoms with E-state index in [1.54, 1.807) is 24.3 Å². The van der Waals surface area contributed by atoms with Crippen LogP contribution in [0.2, 0.25) is 0 Å². The van der Waals surface area contributed by atoms with Gasteiger partial charge in [-0.2, -0.15) is 18.3 Å². The van der Waals surface area contributed by atoms with E-state index in [-0.39, 0.29) is 23.7 Å².